The summed E-state index contributed by atoms with van der Waals surface area (Å²) in [6, 6.07) is 10.3. The molecule has 3 rings (SSSR count). The fraction of sp³-hybridized carbons (Fsp3) is 0.0714. The first-order valence-corrected chi connectivity index (χ1v) is 7.48. The number of nitrogen functional groups attached to an aromatic ring is 1. The normalized spacial score (nSPS) is 10.8. The van der Waals surface area contributed by atoms with Crippen LogP contribution >= 0.6 is 27.3 Å². The second-order valence-electron chi connectivity index (χ2n) is 4.30. The van der Waals surface area contributed by atoms with Gasteiger partial charge in [0, 0.05) is 14.9 Å². The number of H-pyrrole nitrogens is 1. The van der Waals surface area contributed by atoms with E-state index in [1.165, 1.54) is 5.56 Å². The molecule has 0 unspecified atom stereocenters. The van der Waals surface area contributed by atoms with Gasteiger partial charge in [-0.05, 0) is 36.1 Å². The van der Waals surface area contributed by atoms with Crippen molar-refractivity contribution in [1.82, 2.24) is 10.2 Å². The molecule has 2 heterocycles. The maximum absolute atomic E-state index is 5.99. The third-order valence-electron chi connectivity index (χ3n) is 3.01. The van der Waals surface area contributed by atoms with E-state index in [2.05, 4.69) is 51.3 Å². The van der Waals surface area contributed by atoms with Gasteiger partial charge in [-0.25, -0.2) is 0 Å². The van der Waals surface area contributed by atoms with Gasteiger partial charge in [-0.1, -0.05) is 28.1 Å². The van der Waals surface area contributed by atoms with Crippen molar-refractivity contribution in [2.24, 2.45) is 0 Å². The van der Waals surface area contributed by atoms with Crippen LogP contribution in [0.15, 0.2) is 40.2 Å². The van der Waals surface area contributed by atoms with Crippen LogP contribution in [0.1, 0.15) is 5.56 Å². The highest BCUT2D eigenvalue weighted by molar-refractivity contribution is 9.10. The van der Waals surface area contributed by atoms with Crippen LogP contribution in [-0.4, -0.2) is 10.2 Å². The van der Waals surface area contributed by atoms with E-state index in [9.17, 15) is 0 Å². The Bertz CT molecular complexity index is 716. The number of nitrogens with zero attached hydrogens (tertiary/aromatic N) is 1. The number of aromatic amines is 1. The Kier molecular flexibility index (Phi) is 3.16. The maximum Gasteiger partial charge on any atom is 0.154 e. The van der Waals surface area contributed by atoms with Gasteiger partial charge in [0.05, 0.1) is 11.3 Å². The third kappa shape index (κ3) is 2.19. The molecule has 0 fully saturated rings. The average Bonchev–Trinajstić information content (AvgIpc) is 3.01. The fourth-order valence-electron chi connectivity index (χ4n) is 2.04. The standard InChI is InChI=1S/C14H12BrN3S/c1-8-7-9(4-5-10(8)15)13-12(14(16)18-17-13)11-3-2-6-19-11/h2-7H,1H3,(H3,16,17,18). The quantitative estimate of drug-likeness (QED) is 0.727. The molecular formula is C14H12BrN3S. The number of nitrogens with two attached hydrogens (primary N) is 1. The summed E-state index contributed by atoms with van der Waals surface area (Å²) < 4.78 is 1.10. The molecule has 0 spiro atoms. The lowest BCUT2D eigenvalue weighted by Gasteiger charge is -2.05. The van der Waals surface area contributed by atoms with E-state index in [0.717, 1.165) is 26.2 Å². The van der Waals surface area contributed by atoms with E-state index in [1.54, 1.807) is 11.3 Å². The minimum Gasteiger partial charge on any atom is -0.382 e. The van der Waals surface area contributed by atoms with Gasteiger partial charge in [-0.15, -0.1) is 11.3 Å². The Morgan fingerprint density at radius 1 is 1.32 bits per heavy atom. The largest absolute Gasteiger partial charge is 0.382 e. The summed E-state index contributed by atoms with van der Waals surface area (Å²) in [6.45, 7) is 2.07. The molecule has 3 N–H and O–H groups in total. The second-order valence-corrected chi connectivity index (χ2v) is 6.10. The molecule has 2 aromatic heterocycles. The number of rotatable bonds is 2. The predicted molar refractivity (Wildman–Crippen MR) is 84.2 cm³/mol. The molecule has 5 heteroatoms. The number of anilines is 1. The first-order valence-electron chi connectivity index (χ1n) is 5.81. The lowest BCUT2D eigenvalue weighted by atomic mass is 10.0. The topological polar surface area (TPSA) is 54.7 Å². The van der Waals surface area contributed by atoms with Crippen molar-refractivity contribution in [2.45, 2.75) is 6.92 Å². The van der Waals surface area contributed by atoms with Gasteiger partial charge in [0.15, 0.2) is 5.82 Å². The molecule has 0 saturated heterocycles. The number of aromatic nitrogens is 2. The van der Waals surface area contributed by atoms with Gasteiger partial charge in [-0.2, -0.15) is 5.10 Å². The highest BCUT2D eigenvalue weighted by Crippen LogP contribution is 2.37. The van der Waals surface area contributed by atoms with Gasteiger partial charge < -0.3 is 5.73 Å². The summed E-state index contributed by atoms with van der Waals surface area (Å²) in [5, 5.41) is 9.23. The van der Waals surface area contributed by atoms with E-state index in [-0.39, 0.29) is 0 Å². The van der Waals surface area contributed by atoms with E-state index in [4.69, 9.17) is 5.73 Å². The van der Waals surface area contributed by atoms with Crippen LogP contribution in [0.5, 0.6) is 0 Å². The van der Waals surface area contributed by atoms with E-state index in [0.29, 0.717) is 5.82 Å². The Labute approximate surface area is 123 Å². The molecule has 0 aliphatic carbocycles. The maximum atomic E-state index is 5.99. The summed E-state index contributed by atoms with van der Waals surface area (Å²) in [6.07, 6.45) is 0. The van der Waals surface area contributed by atoms with Crippen molar-refractivity contribution in [1.29, 1.82) is 0 Å². The molecule has 0 saturated carbocycles. The van der Waals surface area contributed by atoms with E-state index >= 15 is 0 Å². The van der Waals surface area contributed by atoms with Gasteiger partial charge in [0.2, 0.25) is 0 Å². The lowest BCUT2D eigenvalue weighted by Crippen LogP contribution is -1.87. The zero-order valence-electron chi connectivity index (χ0n) is 10.3. The van der Waals surface area contributed by atoms with Crippen molar-refractivity contribution in [2.75, 3.05) is 5.73 Å². The van der Waals surface area contributed by atoms with Crippen LogP contribution in [0.25, 0.3) is 21.7 Å². The molecule has 0 aliphatic rings. The molecule has 0 amide bonds. The Hall–Kier alpha value is -1.59. The summed E-state index contributed by atoms with van der Waals surface area (Å²) >= 11 is 5.18. The Morgan fingerprint density at radius 3 is 2.84 bits per heavy atom. The molecule has 3 aromatic rings. The van der Waals surface area contributed by atoms with E-state index in [1.807, 2.05) is 17.5 Å². The lowest BCUT2D eigenvalue weighted by molar-refractivity contribution is 1.10. The SMILES string of the molecule is Cc1cc(-c2[nH]nc(N)c2-c2cccs2)ccc1Br. The number of benzene rings is 1. The van der Waals surface area contributed by atoms with Gasteiger partial charge >= 0.3 is 0 Å². The minimum atomic E-state index is 0.540. The number of halogens is 1. The zero-order valence-corrected chi connectivity index (χ0v) is 12.7. The Balaban J connectivity index is 2.18. The average molecular weight is 334 g/mol. The molecule has 0 atom stereocenters. The van der Waals surface area contributed by atoms with Crippen molar-refractivity contribution >= 4 is 33.1 Å². The number of hydrogen-bond acceptors (Lipinski definition) is 3. The molecule has 3 nitrogen and oxygen atoms in total. The number of nitrogens with one attached hydrogen (secondary N) is 1. The summed E-state index contributed by atoms with van der Waals surface area (Å²) in [7, 11) is 0. The van der Waals surface area contributed by atoms with Crippen LogP contribution in [-0.2, 0) is 0 Å². The highest BCUT2D eigenvalue weighted by Gasteiger charge is 2.15. The monoisotopic (exact) mass is 333 g/mol. The Morgan fingerprint density at radius 2 is 2.16 bits per heavy atom. The first-order chi connectivity index (χ1) is 9.16. The van der Waals surface area contributed by atoms with Crippen molar-refractivity contribution in [3.05, 3.63) is 45.7 Å². The van der Waals surface area contributed by atoms with Crippen molar-refractivity contribution < 1.29 is 0 Å². The van der Waals surface area contributed by atoms with Crippen LogP contribution in [0.4, 0.5) is 5.82 Å². The molecule has 19 heavy (non-hydrogen) atoms. The summed E-state index contributed by atoms with van der Waals surface area (Å²) in [5.41, 5.74) is 10.2. The minimum absolute atomic E-state index is 0.540. The van der Waals surface area contributed by atoms with Gasteiger partial charge in [0.1, 0.15) is 0 Å². The molecule has 0 radical (unpaired) electrons. The molecule has 0 bridgehead atoms. The summed E-state index contributed by atoms with van der Waals surface area (Å²) in [5.74, 6) is 0.540. The van der Waals surface area contributed by atoms with Gasteiger partial charge in [-0.3, -0.25) is 5.10 Å². The second kappa shape index (κ2) is 4.83. The van der Waals surface area contributed by atoms with Crippen molar-refractivity contribution in [3.63, 3.8) is 0 Å². The predicted octanol–water partition coefficient (Wildman–Crippen LogP) is 4.46. The zero-order chi connectivity index (χ0) is 13.4. The number of aryl methyl sites for hydroxylation is 1. The number of hydrogen-bond donors (Lipinski definition) is 2. The third-order valence-corrected chi connectivity index (χ3v) is 4.79. The van der Waals surface area contributed by atoms with Crippen molar-refractivity contribution in [3.8, 4) is 21.7 Å². The molecule has 1 aromatic carbocycles. The van der Waals surface area contributed by atoms with Crippen LogP contribution in [0.3, 0.4) is 0 Å². The van der Waals surface area contributed by atoms with Crippen LogP contribution in [0, 0.1) is 6.92 Å². The van der Waals surface area contributed by atoms with Gasteiger partial charge in [0.25, 0.3) is 0 Å². The smallest absolute Gasteiger partial charge is 0.154 e. The van der Waals surface area contributed by atoms with Crippen LogP contribution in [0.2, 0.25) is 0 Å². The highest BCUT2D eigenvalue weighted by atomic mass is 79.9. The number of thiophene rings is 1. The summed E-state index contributed by atoms with van der Waals surface area (Å²) in [4.78, 5) is 1.13. The molecular weight excluding hydrogens is 322 g/mol. The fourth-order valence-corrected chi connectivity index (χ4v) is 3.07. The van der Waals surface area contributed by atoms with Crippen LogP contribution < -0.4 is 5.73 Å². The molecule has 96 valence electrons. The van der Waals surface area contributed by atoms with E-state index < -0.39 is 0 Å². The molecule has 0 aliphatic heterocycles. The first kappa shape index (κ1) is 12.4.